The molecule has 1 fully saturated rings. The molecule has 0 amide bonds. The molecule has 3 N–H and O–H groups in total. The van der Waals surface area contributed by atoms with Crippen LogP contribution in [0.25, 0.3) is 0 Å². The molecule has 0 unspecified atom stereocenters. The molecular formula is C22H24ClNO6. The van der Waals surface area contributed by atoms with Crippen LogP contribution >= 0.6 is 11.6 Å². The van der Waals surface area contributed by atoms with E-state index in [-0.39, 0.29) is 6.10 Å². The number of morpholine rings is 1. The molecule has 3 rings (SSSR count). The molecule has 2 aromatic carbocycles. The lowest BCUT2D eigenvalue weighted by Crippen LogP contribution is -2.39. The number of hydrogen-bond acceptors (Lipinski definition) is 5. The maximum absolute atomic E-state index is 9.55. The first-order chi connectivity index (χ1) is 14.4. The second-order valence-corrected chi connectivity index (χ2v) is 6.89. The van der Waals surface area contributed by atoms with Crippen LogP contribution in [0, 0.1) is 6.92 Å². The van der Waals surface area contributed by atoms with Gasteiger partial charge in [0.2, 0.25) is 0 Å². The molecule has 0 aliphatic carbocycles. The van der Waals surface area contributed by atoms with Crippen molar-refractivity contribution in [2.45, 2.75) is 19.4 Å². The average Bonchev–Trinajstić information content (AvgIpc) is 2.72. The summed E-state index contributed by atoms with van der Waals surface area (Å²) in [6.07, 6.45) is 2.15. The Morgan fingerprint density at radius 1 is 1.13 bits per heavy atom. The second kappa shape index (κ2) is 12.0. The van der Waals surface area contributed by atoms with Crippen LogP contribution in [-0.2, 0) is 20.7 Å². The minimum Gasteiger partial charge on any atom is -0.478 e. The second-order valence-electron chi connectivity index (χ2n) is 6.48. The van der Waals surface area contributed by atoms with E-state index in [9.17, 15) is 9.59 Å². The quantitative estimate of drug-likeness (QED) is 0.596. The predicted octanol–water partition coefficient (Wildman–Crippen LogP) is 3.68. The van der Waals surface area contributed by atoms with E-state index in [1.165, 1.54) is 0 Å². The molecule has 1 saturated heterocycles. The first-order valence-electron chi connectivity index (χ1n) is 9.34. The topological polar surface area (TPSA) is 105 Å². The van der Waals surface area contributed by atoms with E-state index in [2.05, 4.69) is 11.4 Å². The van der Waals surface area contributed by atoms with Crippen LogP contribution in [0.1, 0.15) is 11.1 Å². The van der Waals surface area contributed by atoms with E-state index >= 15 is 0 Å². The largest absolute Gasteiger partial charge is 0.478 e. The standard InChI is InChI=1S/C18H20ClNO2.C4H4O4/c1-13-16(19)6-4-8-17(13)22-18-7-3-2-5-14(18)11-15-12-20-9-10-21-15;5-3(6)1-2-4(7)8/h2-8,15,20H,9-12H2,1H3;1-2H,(H,5,6)(H,7,8)/t15-;/m0./s1. The molecule has 160 valence electrons. The highest BCUT2D eigenvalue weighted by Gasteiger charge is 2.16. The highest BCUT2D eigenvalue weighted by atomic mass is 35.5. The third-order valence-corrected chi connectivity index (χ3v) is 4.64. The summed E-state index contributed by atoms with van der Waals surface area (Å²) >= 11 is 6.17. The number of carboxylic acids is 2. The average molecular weight is 434 g/mol. The van der Waals surface area contributed by atoms with Gasteiger partial charge in [0, 0.05) is 42.2 Å². The van der Waals surface area contributed by atoms with Crippen molar-refractivity contribution in [2.24, 2.45) is 0 Å². The van der Waals surface area contributed by atoms with Gasteiger partial charge in [-0.05, 0) is 30.7 Å². The molecule has 1 aliphatic rings. The van der Waals surface area contributed by atoms with Gasteiger partial charge < -0.3 is 25.0 Å². The molecule has 0 radical (unpaired) electrons. The number of benzene rings is 2. The van der Waals surface area contributed by atoms with Gasteiger partial charge in [0.05, 0.1) is 12.7 Å². The lowest BCUT2D eigenvalue weighted by atomic mass is 10.1. The third kappa shape index (κ3) is 7.87. The summed E-state index contributed by atoms with van der Waals surface area (Å²) in [5.41, 5.74) is 2.10. The smallest absolute Gasteiger partial charge is 0.328 e. The van der Waals surface area contributed by atoms with Gasteiger partial charge in [0.15, 0.2) is 0 Å². The van der Waals surface area contributed by atoms with Gasteiger partial charge in [-0.15, -0.1) is 0 Å². The van der Waals surface area contributed by atoms with Crippen LogP contribution in [0.5, 0.6) is 11.5 Å². The summed E-state index contributed by atoms with van der Waals surface area (Å²) in [5, 5.41) is 19.7. The molecule has 1 aliphatic heterocycles. The number of carbonyl (C=O) groups is 2. The Bertz CT molecular complexity index is 877. The number of ether oxygens (including phenoxy) is 2. The Balaban J connectivity index is 0.000000343. The van der Waals surface area contributed by atoms with Gasteiger partial charge in [-0.3, -0.25) is 0 Å². The molecule has 0 bridgehead atoms. The zero-order valence-corrected chi connectivity index (χ0v) is 17.3. The Morgan fingerprint density at radius 2 is 1.80 bits per heavy atom. The first-order valence-corrected chi connectivity index (χ1v) is 9.71. The molecule has 7 nitrogen and oxygen atoms in total. The number of aliphatic carboxylic acids is 2. The highest BCUT2D eigenvalue weighted by molar-refractivity contribution is 6.31. The molecule has 0 aromatic heterocycles. The van der Waals surface area contributed by atoms with Crippen LogP contribution < -0.4 is 10.1 Å². The van der Waals surface area contributed by atoms with Gasteiger partial charge in [0.1, 0.15) is 11.5 Å². The van der Waals surface area contributed by atoms with Crippen molar-refractivity contribution in [3.05, 3.63) is 70.8 Å². The summed E-state index contributed by atoms with van der Waals surface area (Å²) in [6, 6.07) is 13.8. The van der Waals surface area contributed by atoms with Crippen molar-refractivity contribution >= 4 is 23.5 Å². The fraction of sp³-hybridized carbons (Fsp3) is 0.273. The summed E-state index contributed by atoms with van der Waals surface area (Å²) in [4.78, 5) is 19.1. The lowest BCUT2D eigenvalue weighted by molar-refractivity contribution is -0.134. The Kier molecular flexibility index (Phi) is 9.34. The van der Waals surface area contributed by atoms with E-state index in [1.54, 1.807) is 0 Å². The van der Waals surface area contributed by atoms with Crippen LogP contribution in [0.4, 0.5) is 0 Å². The van der Waals surface area contributed by atoms with Crippen LogP contribution in [0.15, 0.2) is 54.6 Å². The first kappa shape index (κ1) is 23.4. The van der Waals surface area contributed by atoms with E-state index in [4.69, 9.17) is 31.3 Å². The minimum absolute atomic E-state index is 0.193. The van der Waals surface area contributed by atoms with Crippen LogP contribution in [-0.4, -0.2) is 48.0 Å². The van der Waals surface area contributed by atoms with Gasteiger partial charge >= 0.3 is 11.9 Å². The summed E-state index contributed by atoms with van der Waals surface area (Å²) in [7, 11) is 0. The number of para-hydroxylation sites is 1. The normalized spacial score (nSPS) is 15.9. The van der Waals surface area contributed by atoms with Gasteiger partial charge in [-0.1, -0.05) is 35.9 Å². The van der Waals surface area contributed by atoms with Gasteiger partial charge in [-0.25, -0.2) is 9.59 Å². The van der Waals surface area contributed by atoms with E-state index in [0.717, 1.165) is 53.8 Å². The molecule has 1 heterocycles. The maximum Gasteiger partial charge on any atom is 0.328 e. The van der Waals surface area contributed by atoms with Crippen molar-refractivity contribution in [2.75, 3.05) is 19.7 Å². The Morgan fingerprint density at radius 3 is 2.43 bits per heavy atom. The monoisotopic (exact) mass is 433 g/mol. The highest BCUT2D eigenvalue weighted by Crippen LogP contribution is 2.32. The zero-order chi connectivity index (χ0) is 21.9. The zero-order valence-electron chi connectivity index (χ0n) is 16.5. The van der Waals surface area contributed by atoms with Crippen molar-refractivity contribution in [1.82, 2.24) is 5.32 Å². The minimum atomic E-state index is -1.26. The van der Waals surface area contributed by atoms with Crippen molar-refractivity contribution < 1.29 is 29.3 Å². The van der Waals surface area contributed by atoms with Gasteiger partial charge in [-0.2, -0.15) is 0 Å². The van der Waals surface area contributed by atoms with Crippen molar-refractivity contribution in [3.63, 3.8) is 0 Å². The Labute approximate surface area is 179 Å². The molecule has 0 saturated carbocycles. The Hall–Kier alpha value is -2.87. The van der Waals surface area contributed by atoms with Crippen molar-refractivity contribution in [1.29, 1.82) is 0 Å². The summed E-state index contributed by atoms with van der Waals surface area (Å²) < 4.78 is 11.9. The number of halogens is 1. The molecule has 2 aromatic rings. The summed E-state index contributed by atoms with van der Waals surface area (Å²) in [5.74, 6) is -0.857. The van der Waals surface area contributed by atoms with Gasteiger partial charge in [0.25, 0.3) is 0 Å². The van der Waals surface area contributed by atoms with Crippen LogP contribution in [0.2, 0.25) is 5.02 Å². The molecular weight excluding hydrogens is 410 g/mol. The fourth-order valence-electron chi connectivity index (χ4n) is 2.73. The molecule has 30 heavy (non-hydrogen) atoms. The molecule has 0 spiro atoms. The van der Waals surface area contributed by atoms with Crippen molar-refractivity contribution in [3.8, 4) is 11.5 Å². The fourth-order valence-corrected chi connectivity index (χ4v) is 2.89. The maximum atomic E-state index is 9.55. The lowest BCUT2D eigenvalue weighted by Gasteiger charge is -2.24. The number of hydrogen-bond donors (Lipinski definition) is 3. The molecule has 1 atom stereocenters. The number of carboxylic acid groups (broad SMARTS) is 2. The predicted molar refractivity (Wildman–Crippen MR) is 113 cm³/mol. The SMILES string of the molecule is Cc1c(Cl)cccc1Oc1ccccc1C[C@H]1CNCCO1.O=C(O)C=CC(=O)O. The number of nitrogens with one attached hydrogen (secondary N) is 1. The van der Waals surface area contributed by atoms with Crippen LogP contribution in [0.3, 0.4) is 0 Å². The third-order valence-electron chi connectivity index (χ3n) is 4.23. The van der Waals surface area contributed by atoms with E-state index < -0.39 is 11.9 Å². The van der Waals surface area contributed by atoms with E-state index in [0.29, 0.717) is 12.2 Å². The number of rotatable bonds is 6. The summed E-state index contributed by atoms with van der Waals surface area (Å²) in [6.45, 7) is 4.54. The molecule has 8 heteroatoms. The van der Waals surface area contributed by atoms with E-state index in [1.807, 2.05) is 43.3 Å².